The summed E-state index contributed by atoms with van der Waals surface area (Å²) in [6.07, 6.45) is 7.15. The van der Waals surface area contributed by atoms with E-state index >= 15 is 0 Å². The fourth-order valence-corrected chi connectivity index (χ4v) is 2.86. The van der Waals surface area contributed by atoms with E-state index in [9.17, 15) is 4.79 Å². The molecule has 1 aliphatic carbocycles. The van der Waals surface area contributed by atoms with Crippen LogP contribution in [-0.4, -0.2) is 29.5 Å². The van der Waals surface area contributed by atoms with Crippen molar-refractivity contribution in [1.29, 1.82) is 0 Å². The Morgan fingerprint density at radius 1 is 1.44 bits per heavy atom. The van der Waals surface area contributed by atoms with Crippen LogP contribution in [0.1, 0.15) is 45.4 Å². The van der Waals surface area contributed by atoms with Crippen molar-refractivity contribution < 1.29 is 4.79 Å². The van der Waals surface area contributed by atoms with E-state index < -0.39 is 0 Å². The standard InChI is InChI=1S/C12H24N2OS/c1-2-10(13)8-16-9-12(15)14-11-6-4-3-5-7-11/h10-11H,2-9,13H2,1H3,(H,14,15). The number of rotatable bonds is 6. The van der Waals surface area contributed by atoms with Gasteiger partial charge < -0.3 is 11.1 Å². The van der Waals surface area contributed by atoms with E-state index in [2.05, 4.69) is 12.2 Å². The predicted molar refractivity (Wildman–Crippen MR) is 70.6 cm³/mol. The van der Waals surface area contributed by atoms with E-state index in [1.807, 2.05) is 0 Å². The molecule has 0 bridgehead atoms. The van der Waals surface area contributed by atoms with Gasteiger partial charge in [0.25, 0.3) is 0 Å². The molecule has 0 aromatic carbocycles. The molecule has 1 unspecified atom stereocenters. The van der Waals surface area contributed by atoms with E-state index in [1.165, 1.54) is 19.3 Å². The molecule has 0 saturated heterocycles. The molecular weight excluding hydrogens is 220 g/mol. The SMILES string of the molecule is CCC(N)CSCC(=O)NC1CCCCC1. The average Bonchev–Trinajstić information content (AvgIpc) is 2.30. The second kappa shape index (κ2) is 7.96. The molecule has 94 valence electrons. The maximum absolute atomic E-state index is 11.6. The lowest BCUT2D eigenvalue weighted by atomic mass is 9.95. The first-order valence-corrected chi connectivity index (χ1v) is 7.50. The highest BCUT2D eigenvalue weighted by atomic mass is 32.2. The molecule has 0 aromatic rings. The van der Waals surface area contributed by atoms with Gasteiger partial charge >= 0.3 is 0 Å². The molecule has 1 saturated carbocycles. The zero-order valence-electron chi connectivity index (χ0n) is 10.2. The van der Waals surface area contributed by atoms with Gasteiger partial charge in [-0.2, -0.15) is 11.8 Å². The Morgan fingerprint density at radius 2 is 2.12 bits per heavy atom. The highest BCUT2D eigenvalue weighted by molar-refractivity contribution is 7.99. The lowest BCUT2D eigenvalue weighted by Crippen LogP contribution is -2.37. The van der Waals surface area contributed by atoms with Crippen LogP contribution in [0.25, 0.3) is 0 Å². The molecule has 0 heterocycles. The number of carbonyl (C=O) groups excluding carboxylic acids is 1. The van der Waals surface area contributed by atoms with Gasteiger partial charge in [-0.05, 0) is 19.3 Å². The molecule has 0 aromatic heterocycles. The third-order valence-corrected chi connectivity index (χ3v) is 4.19. The Hall–Kier alpha value is -0.220. The second-order valence-corrected chi connectivity index (χ2v) is 5.62. The van der Waals surface area contributed by atoms with Crippen molar-refractivity contribution >= 4 is 17.7 Å². The molecule has 1 fully saturated rings. The van der Waals surface area contributed by atoms with Crippen LogP contribution in [0.3, 0.4) is 0 Å². The summed E-state index contributed by atoms with van der Waals surface area (Å²) in [7, 11) is 0. The van der Waals surface area contributed by atoms with Gasteiger partial charge in [0.05, 0.1) is 5.75 Å². The van der Waals surface area contributed by atoms with E-state index in [4.69, 9.17) is 5.73 Å². The maximum Gasteiger partial charge on any atom is 0.230 e. The van der Waals surface area contributed by atoms with Crippen LogP contribution in [0, 0.1) is 0 Å². The lowest BCUT2D eigenvalue weighted by molar-refractivity contribution is -0.119. The van der Waals surface area contributed by atoms with Crippen LogP contribution >= 0.6 is 11.8 Å². The van der Waals surface area contributed by atoms with E-state index in [0.29, 0.717) is 11.8 Å². The topological polar surface area (TPSA) is 55.1 Å². The number of carbonyl (C=O) groups is 1. The summed E-state index contributed by atoms with van der Waals surface area (Å²) in [5.74, 6) is 1.62. The van der Waals surface area contributed by atoms with Crippen LogP contribution in [0.5, 0.6) is 0 Å². The number of nitrogens with one attached hydrogen (secondary N) is 1. The summed E-state index contributed by atoms with van der Waals surface area (Å²) in [5.41, 5.74) is 5.79. The van der Waals surface area contributed by atoms with Crippen LogP contribution < -0.4 is 11.1 Å². The normalized spacial score (nSPS) is 19.4. The quantitative estimate of drug-likeness (QED) is 0.750. The Bertz CT molecular complexity index is 205. The predicted octanol–water partition coefficient (Wildman–Crippen LogP) is 1.91. The number of hydrogen-bond acceptors (Lipinski definition) is 3. The Kier molecular flexibility index (Phi) is 6.88. The first-order chi connectivity index (χ1) is 7.72. The number of hydrogen-bond donors (Lipinski definition) is 2. The van der Waals surface area contributed by atoms with Gasteiger partial charge in [0.2, 0.25) is 5.91 Å². The summed E-state index contributed by atoms with van der Waals surface area (Å²) >= 11 is 1.65. The molecule has 4 heteroatoms. The molecule has 0 radical (unpaired) electrons. The van der Waals surface area contributed by atoms with Crippen molar-refractivity contribution in [2.75, 3.05) is 11.5 Å². The average molecular weight is 244 g/mol. The Morgan fingerprint density at radius 3 is 2.75 bits per heavy atom. The van der Waals surface area contributed by atoms with Crippen molar-refractivity contribution in [2.24, 2.45) is 5.73 Å². The van der Waals surface area contributed by atoms with Crippen LogP contribution in [0.2, 0.25) is 0 Å². The van der Waals surface area contributed by atoms with Crippen LogP contribution in [0.4, 0.5) is 0 Å². The van der Waals surface area contributed by atoms with E-state index in [0.717, 1.165) is 25.0 Å². The molecule has 1 atom stereocenters. The van der Waals surface area contributed by atoms with E-state index in [-0.39, 0.29) is 11.9 Å². The van der Waals surface area contributed by atoms with Gasteiger partial charge in [0, 0.05) is 17.8 Å². The van der Waals surface area contributed by atoms with Gasteiger partial charge in [-0.1, -0.05) is 26.2 Å². The van der Waals surface area contributed by atoms with Crippen molar-refractivity contribution in [2.45, 2.75) is 57.5 Å². The van der Waals surface area contributed by atoms with Crippen LogP contribution in [-0.2, 0) is 4.79 Å². The maximum atomic E-state index is 11.6. The van der Waals surface area contributed by atoms with Gasteiger partial charge in [-0.25, -0.2) is 0 Å². The summed E-state index contributed by atoms with van der Waals surface area (Å²) in [6, 6.07) is 0.661. The third-order valence-electron chi connectivity index (χ3n) is 3.06. The molecule has 0 aliphatic heterocycles. The summed E-state index contributed by atoms with van der Waals surface area (Å²) < 4.78 is 0. The molecule has 1 amide bonds. The largest absolute Gasteiger partial charge is 0.353 e. The lowest BCUT2D eigenvalue weighted by Gasteiger charge is -2.22. The third kappa shape index (κ3) is 5.75. The number of amides is 1. The smallest absolute Gasteiger partial charge is 0.230 e. The zero-order chi connectivity index (χ0) is 11.8. The first-order valence-electron chi connectivity index (χ1n) is 6.35. The zero-order valence-corrected chi connectivity index (χ0v) is 11.0. The number of thioether (sulfide) groups is 1. The van der Waals surface area contributed by atoms with Crippen molar-refractivity contribution in [3.63, 3.8) is 0 Å². The van der Waals surface area contributed by atoms with Crippen LogP contribution in [0.15, 0.2) is 0 Å². The minimum atomic E-state index is 0.181. The first kappa shape index (κ1) is 13.8. The van der Waals surface area contributed by atoms with E-state index in [1.54, 1.807) is 11.8 Å². The number of nitrogens with two attached hydrogens (primary N) is 1. The molecule has 16 heavy (non-hydrogen) atoms. The van der Waals surface area contributed by atoms with Gasteiger partial charge in [-0.15, -0.1) is 0 Å². The minimum Gasteiger partial charge on any atom is -0.353 e. The molecule has 1 aliphatic rings. The molecule has 1 rings (SSSR count). The minimum absolute atomic E-state index is 0.181. The summed E-state index contributed by atoms with van der Waals surface area (Å²) in [5, 5.41) is 3.11. The van der Waals surface area contributed by atoms with Gasteiger partial charge in [-0.3, -0.25) is 4.79 Å². The molecule has 3 N–H and O–H groups in total. The van der Waals surface area contributed by atoms with Crippen molar-refractivity contribution in [3.05, 3.63) is 0 Å². The van der Waals surface area contributed by atoms with Crippen molar-refractivity contribution in [1.82, 2.24) is 5.32 Å². The second-order valence-electron chi connectivity index (χ2n) is 4.59. The summed E-state index contributed by atoms with van der Waals surface area (Å²) in [4.78, 5) is 11.6. The fraction of sp³-hybridized carbons (Fsp3) is 0.917. The monoisotopic (exact) mass is 244 g/mol. The Balaban J connectivity index is 2.05. The van der Waals surface area contributed by atoms with Gasteiger partial charge in [0.15, 0.2) is 0 Å². The molecular formula is C12H24N2OS. The van der Waals surface area contributed by atoms with Gasteiger partial charge in [0.1, 0.15) is 0 Å². The fourth-order valence-electron chi connectivity index (χ4n) is 1.94. The highest BCUT2D eigenvalue weighted by Gasteiger charge is 2.15. The molecule has 3 nitrogen and oxygen atoms in total. The summed E-state index contributed by atoms with van der Waals surface area (Å²) in [6.45, 7) is 2.08. The van der Waals surface area contributed by atoms with Crippen molar-refractivity contribution in [3.8, 4) is 0 Å². The Labute approximate surface area is 103 Å². The molecule has 0 spiro atoms. The highest BCUT2D eigenvalue weighted by Crippen LogP contribution is 2.17.